The first-order valence-corrected chi connectivity index (χ1v) is 7.06. The molecule has 0 aliphatic carbocycles. The summed E-state index contributed by atoms with van der Waals surface area (Å²) in [6.07, 6.45) is 2.07. The van der Waals surface area contributed by atoms with Gasteiger partial charge in [0.05, 0.1) is 6.61 Å². The van der Waals surface area contributed by atoms with Crippen molar-refractivity contribution in [3.8, 4) is 0 Å². The standard InChI is InChI=1S/C14H21Cl2NO/c1-3-11(10-17-6-7-18-2)8-12-9-13(15)4-5-14(12)16/h4-5,9,11,17H,3,6-8,10H2,1-2H3. The molecule has 4 heteroatoms. The van der Waals surface area contributed by atoms with Crippen LogP contribution in [0.15, 0.2) is 18.2 Å². The third-order valence-corrected chi connectivity index (χ3v) is 3.61. The molecular formula is C14H21Cl2NO. The minimum Gasteiger partial charge on any atom is -0.383 e. The number of ether oxygens (including phenoxy) is 1. The van der Waals surface area contributed by atoms with Gasteiger partial charge in [0.15, 0.2) is 0 Å². The van der Waals surface area contributed by atoms with E-state index in [0.717, 1.165) is 48.1 Å². The van der Waals surface area contributed by atoms with Crippen LogP contribution in [0.5, 0.6) is 0 Å². The maximum absolute atomic E-state index is 6.18. The summed E-state index contributed by atoms with van der Waals surface area (Å²) >= 11 is 12.2. The van der Waals surface area contributed by atoms with Gasteiger partial charge in [0.1, 0.15) is 0 Å². The first-order chi connectivity index (χ1) is 8.67. The average molecular weight is 290 g/mol. The predicted octanol–water partition coefficient (Wildman–Crippen LogP) is 3.80. The van der Waals surface area contributed by atoms with E-state index < -0.39 is 0 Å². The summed E-state index contributed by atoms with van der Waals surface area (Å²) in [6, 6.07) is 5.65. The van der Waals surface area contributed by atoms with Crippen LogP contribution in [0, 0.1) is 5.92 Å². The molecular weight excluding hydrogens is 269 g/mol. The van der Waals surface area contributed by atoms with Crippen molar-refractivity contribution in [3.05, 3.63) is 33.8 Å². The van der Waals surface area contributed by atoms with Gasteiger partial charge in [0, 0.05) is 23.7 Å². The first kappa shape index (κ1) is 15.8. The Kier molecular flexibility index (Phi) is 7.68. The second kappa shape index (κ2) is 8.76. The Morgan fingerprint density at radius 1 is 1.33 bits per heavy atom. The minimum absolute atomic E-state index is 0.567. The van der Waals surface area contributed by atoms with Crippen molar-refractivity contribution in [2.75, 3.05) is 26.8 Å². The van der Waals surface area contributed by atoms with E-state index in [9.17, 15) is 0 Å². The zero-order valence-corrected chi connectivity index (χ0v) is 12.5. The van der Waals surface area contributed by atoms with E-state index in [1.807, 2.05) is 18.2 Å². The third-order valence-electron chi connectivity index (χ3n) is 3.01. The van der Waals surface area contributed by atoms with Crippen LogP contribution in [0.1, 0.15) is 18.9 Å². The van der Waals surface area contributed by atoms with E-state index >= 15 is 0 Å². The number of rotatable bonds is 8. The van der Waals surface area contributed by atoms with Crippen molar-refractivity contribution in [2.45, 2.75) is 19.8 Å². The lowest BCUT2D eigenvalue weighted by molar-refractivity contribution is 0.197. The van der Waals surface area contributed by atoms with Crippen molar-refractivity contribution in [1.82, 2.24) is 5.32 Å². The van der Waals surface area contributed by atoms with Gasteiger partial charge in [-0.25, -0.2) is 0 Å². The zero-order valence-electron chi connectivity index (χ0n) is 11.0. The number of benzene rings is 1. The van der Waals surface area contributed by atoms with Gasteiger partial charge >= 0.3 is 0 Å². The summed E-state index contributed by atoms with van der Waals surface area (Å²) in [5, 5.41) is 4.94. The van der Waals surface area contributed by atoms with Crippen LogP contribution >= 0.6 is 23.2 Å². The lowest BCUT2D eigenvalue weighted by Gasteiger charge is -2.16. The Labute approximate surface area is 120 Å². The van der Waals surface area contributed by atoms with Crippen LogP contribution in [-0.4, -0.2) is 26.8 Å². The topological polar surface area (TPSA) is 21.3 Å². The Balaban J connectivity index is 2.48. The number of nitrogens with one attached hydrogen (secondary N) is 1. The van der Waals surface area contributed by atoms with Crippen molar-refractivity contribution in [2.24, 2.45) is 5.92 Å². The highest BCUT2D eigenvalue weighted by Crippen LogP contribution is 2.24. The molecule has 0 aromatic heterocycles. The third kappa shape index (κ3) is 5.57. The first-order valence-electron chi connectivity index (χ1n) is 6.31. The molecule has 102 valence electrons. The van der Waals surface area contributed by atoms with E-state index in [1.165, 1.54) is 0 Å². The Hall–Kier alpha value is -0.280. The van der Waals surface area contributed by atoms with E-state index in [0.29, 0.717) is 5.92 Å². The van der Waals surface area contributed by atoms with Crippen LogP contribution < -0.4 is 5.32 Å². The predicted molar refractivity (Wildman–Crippen MR) is 78.7 cm³/mol. The summed E-state index contributed by atoms with van der Waals surface area (Å²) in [5.41, 5.74) is 1.13. The fraction of sp³-hybridized carbons (Fsp3) is 0.571. The monoisotopic (exact) mass is 289 g/mol. The number of hydrogen-bond acceptors (Lipinski definition) is 2. The summed E-state index contributed by atoms with van der Waals surface area (Å²) in [6.45, 7) is 4.80. The second-order valence-electron chi connectivity index (χ2n) is 4.41. The largest absolute Gasteiger partial charge is 0.383 e. The molecule has 0 saturated carbocycles. The van der Waals surface area contributed by atoms with Crippen LogP contribution in [-0.2, 0) is 11.2 Å². The number of halogens is 2. The molecule has 0 aliphatic rings. The molecule has 0 radical (unpaired) electrons. The fourth-order valence-electron chi connectivity index (χ4n) is 1.85. The molecule has 1 rings (SSSR count). The SMILES string of the molecule is CCC(CNCCOC)Cc1cc(Cl)ccc1Cl. The van der Waals surface area contributed by atoms with Crippen molar-refractivity contribution < 1.29 is 4.74 Å². The van der Waals surface area contributed by atoms with Gasteiger partial charge in [0.25, 0.3) is 0 Å². The van der Waals surface area contributed by atoms with Crippen molar-refractivity contribution >= 4 is 23.2 Å². The van der Waals surface area contributed by atoms with Crippen LogP contribution in [0.4, 0.5) is 0 Å². The zero-order chi connectivity index (χ0) is 13.4. The van der Waals surface area contributed by atoms with Gasteiger partial charge in [-0.1, -0.05) is 36.5 Å². The number of methoxy groups -OCH3 is 1. The Morgan fingerprint density at radius 2 is 2.11 bits per heavy atom. The van der Waals surface area contributed by atoms with Gasteiger partial charge in [-0.2, -0.15) is 0 Å². The van der Waals surface area contributed by atoms with Gasteiger partial charge in [0.2, 0.25) is 0 Å². The van der Waals surface area contributed by atoms with Crippen LogP contribution in [0.3, 0.4) is 0 Å². The highest BCUT2D eigenvalue weighted by Gasteiger charge is 2.10. The van der Waals surface area contributed by atoms with Crippen LogP contribution in [0.2, 0.25) is 10.0 Å². The average Bonchev–Trinajstić information content (AvgIpc) is 2.37. The number of hydrogen-bond donors (Lipinski definition) is 1. The van der Waals surface area contributed by atoms with Gasteiger partial charge in [-0.3, -0.25) is 0 Å². The maximum Gasteiger partial charge on any atom is 0.0587 e. The summed E-state index contributed by atoms with van der Waals surface area (Å²) in [5.74, 6) is 0.567. The van der Waals surface area contributed by atoms with Gasteiger partial charge in [-0.05, 0) is 42.6 Å². The second-order valence-corrected chi connectivity index (χ2v) is 5.25. The lowest BCUT2D eigenvalue weighted by atomic mass is 9.97. The lowest BCUT2D eigenvalue weighted by Crippen LogP contribution is -2.27. The van der Waals surface area contributed by atoms with E-state index in [4.69, 9.17) is 27.9 Å². The minimum atomic E-state index is 0.567. The molecule has 1 unspecified atom stereocenters. The molecule has 0 bridgehead atoms. The van der Waals surface area contributed by atoms with E-state index in [-0.39, 0.29) is 0 Å². The highest BCUT2D eigenvalue weighted by atomic mass is 35.5. The van der Waals surface area contributed by atoms with Crippen molar-refractivity contribution in [1.29, 1.82) is 0 Å². The molecule has 0 spiro atoms. The van der Waals surface area contributed by atoms with Gasteiger partial charge in [-0.15, -0.1) is 0 Å². The molecule has 0 fully saturated rings. The molecule has 0 heterocycles. The summed E-state index contributed by atoms with van der Waals surface area (Å²) in [7, 11) is 1.71. The molecule has 0 aliphatic heterocycles. The molecule has 18 heavy (non-hydrogen) atoms. The molecule has 2 nitrogen and oxygen atoms in total. The Morgan fingerprint density at radius 3 is 2.78 bits per heavy atom. The molecule has 1 N–H and O–H groups in total. The normalized spacial score (nSPS) is 12.7. The smallest absolute Gasteiger partial charge is 0.0587 e. The fourth-order valence-corrected chi connectivity index (χ4v) is 2.24. The Bertz CT molecular complexity index is 358. The van der Waals surface area contributed by atoms with Crippen molar-refractivity contribution in [3.63, 3.8) is 0 Å². The molecule has 0 saturated heterocycles. The highest BCUT2D eigenvalue weighted by molar-refractivity contribution is 6.33. The summed E-state index contributed by atoms with van der Waals surface area (Å²) < 4.78 is 5.01. The maximum atomic E-state index is 6.18. The quantitative estimate of drug-likeness (QED) is 0.735. The van der Waals surface area contributed by atoms with Gasteiger partial charge < -0.3 is 10.1 Å². The molecule has 1 aromatic rings. The molecule has 1 atom stereocenters. The van der Waals surface area contributed by atoms with E-state index in [2.05, 4.69) is 12.2 Å². The molecule has 1 aromatic carbocycles. The summed E-state index contributed by atoms with van der Waals surface area (Å²) in [4.78, 5) is 0. The van der Waals surface area contributed by atoms with Crippen LogP contribution in [0.25, 0.3) is 0 Å². The van der Waals surface area contributed by atoms with E-state index in [1.54, 1.807) is 7.11 Å². The molecule has 0 amide bonds.